The Morgan fingerprint density at radius 3 is 2.43 bits per heavy atom. The molecule has 1 unspecified atom stereocenters. The minimum atomic E-state index is -0.709. The Bertz CT molecular complexity index is 1140. The van der Waals surface area contributed by atoms with E-state index in [2.05, 4.69) is 15.5 Å². The molecule has 0 aliphatic carbocycles. The summed E-state index contributed by atoms with van der Waals surface area (Å²) < 4.78 is 1.78. The average Bonchev–Trinajstić information content (AvgIpc) is 3.32. The van der Waals surface area contributed by atoms with Gasteiger partial charge in [-0.2, -0.15) is 10.2 Å². The number of nitrogens with two attached hydrogens (primary N) is 1. The van der Waals surface area contributed by atoms with Crippen LogP contribution in [0.4, 0.5) is 11.4 Å². The largest absolute Gasteiger partial charge is 0.368 e. The SMILES string of the molecule is Cc1cc(C)n(-c2ccccc2NC(=O)C2=NN(c3ccccc3)C(C(N)=O)C2)n1. The van der Waals surface area contributed by atoms with Gasteiger partial charge in [-0.15, -0.1) is 0 Å². The number of benzene rings is 2. The molecule has 1 atom stereocenters. The van der Waals surface area contributed by atoms with Crippen molar-refractivity contribution in [3.63, 3.8) is 0 Å². The predicted octanol–water partition coefficient (Wildman–Crippen LogP) is 2.55. The summed E-state index contributed by atoms with van der Waals surface area (Å²) in [7, 11) is 0. The van der Waals surface area contributed by atoms with Gasteiger partial charge in [-0.05, 0) is 44.2 Å². The van der Waals surface area contributed by atoms with Crippen LogP contribution in [0.3, 0.4) is 0 Å². The molecule has 3 aromatic rings. The third-order valence-corrected chi connectivity index (χ3v) is 4.91. The molecule has 0 spiro atoms. The molecule has 8 heteroatoms. The molecule has 2 aromatic carbocycles. The van der Waals surface area contributed by atoms with E-state index in [0.29, 0.717) is 11.4 Å². The van der Waals surface area contributed by atoms with E-state index in [0.717, 1.165) is 17.1 Å². The van der Waals surface area contributed by atoms with Crippen molar-refractivity contribution in [2.75, 3.05) is 10.3 Å². The van der Waals surface area contributed by atoms with Crippen LogP contribution < -0.4 is 16.1 Å². The topological polar surface area (TPSA) is 106 Å². The number of hydrogen-bond donors (Lipinski definition) is 2. The van der Waals surface area contributed by atoms with E-state index in [9.17, 15) is 9.59 Å². The summed E-state index contributed by atoms with van der Waals surface area (Å²) in [5, 5.41) is 13.3. The van der Waals surface area contributed by atoms with Crippen LogP contribution in [-0.2, 0) is 9.59 Å². The van der Waals surface area contributed by atoms with Crippen LogP contribution in [0.1, 0.15) is 17.8 Å². The number of carbonyl (C=O) groups excluding carboxylic acids is 2. The van der Waals surface area contributed by atoms with Gasteiger partial charge in [0.1, 0.15) is 11.8 Å². The fraction of sp³-hybridized carbons (Fsp3) is 0.182. The molecule has 0 saturated carbocycles. The summed E-state index contributed by atoms with van der Waals surface area (Å²) in [6, 6.07) is 17.8. The normalized spacial score (nSPS) is 15.7. The first-order valence-electron chi connectivity index (χ1n) is 9.59. The smallest absolute Gasteiger partial charge is 0.272 e. The standard InChI is InChI=1S/C22H22N6O2/c1-14-12-15(2)27(25-14)19-11-7-6-10-17(19)24-22(30)18-13-20(21(23)29)28(26-18)16-8-4-3-5-9-16/h3-12,20H,13H2,1-2H3,(H2,23,29)(H,24,30). The van der Waals surface area contributed by atoms with Crippen LogP contribution in [0, 0.1) is 13.8 Å². The highest BCUT2D eigenvalue weighted by molar-refractivity contribution is 6.44. The van der Waals surface area contributed by atoms with E-state index in [4.69, 9.17) is 5.73 Å². The Morgan fingerprint density at radius 1 is 1.07 bits per heavy atom. The lowest BCUT2D eigenvalue weighted by Gasteiger charge is -2.20. The van der Waals surface area contributed by atoms with Crippen LogP contribution in [-0.4, -0.2) is 33.3 Å². The lowest BCUT2D eigenvalue weighted by molar-refractivity contribution is -0.119. The summed E-state index contributed by atoms with van der Waals surface area (Å²) in [6.07, 6.45) is 0.137. The van der Waals surface area contributed by atoms with Crippen molar-refractivity contribution in [1.29, 1.82) is 0 Å². The second-order valence-corrected chi connectivity index (χ2v) is 7.16. The van der Waals surface area contributed by atoms with Gasteiger partial charge in [0, 0.05) is 12.1 Å². The zero-order valence-electron chi connectivity index (χ0n) is 16.7. The summed E-state index contributed by atoms with van der Waals surface area (Å²) in [5.74, 6) is -0.915. The molecule has 4 rings (SSSR count). The third-order valence-electron chi connectivity index (χ3n) is 4.91. The number of primary amides is 1. The maximum atomic E-state index is 13.0. The first kappa shape index (κ1) is 19.4. The summed E-state index contributed by atoms with van der Waals surface area (Å²) in [6.45, 7) is 3.87. The van der Waals surface area contributed by atoms with Crippen LogP contribution >= 0.6 is 0 Å². The number of hydrazone groups is 1. The van der Waals surface area contributed by atoms with Gasteiger partial charge in [0.25, 0.3) is 5.91 Å². The lowest BCUT2D eigenvalue weighted by Crippen LogP contribution is -2.39. The van der Waals surface area contributed by atoms with Gasteiger partial charge in [-0.1, -0.05) is 30.3 Å². The highest BCUT2D eigenvalue weighted by Crippen LogP contribution is 2.26. The first-order chi connectivity index (χ1) is 14.4. The van der Waals surface area contributed by atoms with E-state index in [1.807, 2.05) is 68.4 Å². The highest BCUT2D eigenvalue weighted by Gasteiger charge is 2.35. The van der Waals surface area contributed by atoms with Gasteiger partial charge in [-0.25, -0.2) is 4.68 Å². The van der Waals surface area contributed by atoms with E-state index in [1.165, 1.54) is 5.01 Å². The summed E-state index contributed by atoms with van der Waals surface area (Å²) in [4.78, 5) is 24.9. The third kappa shape index (κ3) is 3.67. The Hall–Kier alpha value is -3.94. The number of para-hydroxylation sites is 3. The number of aromatic nitrogens is 2. The van der Waals surface area contributed by atoms with Gasteiger partial charge in [-0.3, -0.25) is 14.6 Å². The zero-order valence-corrected chi connectivity index (χ0v) is 16.7. The highest BCUT2D eigenvalue weighted by atomic mass is 16.2. The van der Waals surface area contributed by atoms with Crippen LogP contribution in [0.25, 0.3) is 5.69 Å². The number of rotatable bonds is 5. The van der Waals surface area contributed by atoms with Crippen molar-refractivity contribution in [3.8, 4) is 5.69 Å². The van der Waals surface area contributed by atoms with Crippen molar-refractivity contribution in [2.24, 2.45) is 10.8 Å². The minimum Gasteiger partial charge on any atom is -0.368 e. The number of anilines is 2. The molecular weight excluding hydrogens is 380 g/mol. The zero-order chi connectivity index (χ0) is 21.3. The van der Waals surface area contributed by atoms with E-state index in [-0.39, 0.29) is 18.0 Å². The lowest BCUT2D eigenvalue weighted by atomic mass is 10.1. The van der Waals surface area contributed by atoms with Crippen LogP contribution in [0.2, 0.25) is 0 Å². The van der Waals surface area contributed by atoms with Crippen LogP contribution in [0.5, 0.6) is 0 Å². The molecule has 8 nitrogen and oxygen atoms in total. The second kappa shape index (κ2) is 7.82. The summed E-state index contributed by atoms with van der Waals surface area (Å²) in [5.41, 5.74) is 9.70. The van der Waals surface area contributed by atoms with Crippen LogP contribution in [0.15, 0.2) is 65.8 Å². The number of amides is 2. The molecule has 0 saturated heterocycles. The minimum absolute atomic E-state index is 0.137. The molecule has 1 aromatic heterocycles. The number of nitrogens with zero attached hydrogens (tertiary/aromatic N) is 4. The van der Waals surface area contributed by atoms with Crippen molar-refractivity contribution in [2.45, 2.75) is 26.3 Å². The van der Waals surface area contributed by atoms with Gasteiger partial charge < -0.3 is 11.1 Å². The second-order valence-electron chi connectivity index (χ2n) is 7.16. The molecular formula is C22H22N6O2. The quantitative estimate of drug-likeness (QED) is 0.684. The molecule has 0 bridgehead atoms. The molecule has 1 aliphatic heterocycles. The Balaban J connectivity index is 1.62. The molecule has 152 valence electrons. The number of nitrogens with one attached hydrogen (secondary N) is 1. The average molecular weight is 402 g/mol. The number of carbonyl (C=O) groups is 2. The van der Waals surface area contributed by atoms with Crippen molar-refractivity contribution in [1.82, 2.24) is 9.78 Å². The van der Waals surface area contributed by atoms with E-state index < -0.39 is 11.9 Å². The van der Waals surface area contributed by atoms with E-state index in [1.54, 1.807) is 10.7 Å². The Kier molecular flexibility index (Phi) is 5.05. The van der Waals surface area contributed by atoms with E-state index >= 15 is 0 Å². The summed E-state index contributed by atoms with van der Waals surface area (Å²) >= 11 is 0. The number of hydrogen-bond acceptors (Lipinski definition) is 5. The first-order valence-corrected chi connectivity index (χ1v) is 9.59. The maximum Gasteiger partial charge on any atom is 0.272 e. The Morgan fingerprint density at radius 2 is 1.77 bits per heavy atom. The van der Waals surface area contributed by atoms with Crippen molar-refractivity contribution < 1.29 is 9.59 Å². The van der Waals surface area contributed by atoms with Gasteiger partial charge >= 0.3 is 0 Å². The fourth-order valence-corrected chi connectivity index (χ4v) is 3.52. The number of aryl methyl sites for hydroxylation is 2. The predicted molar refractivity (Wildman–Crippen MR) is 116 cm³/mol. The molecule has 0 radical (unpaired) electrons. The van der Waals surface area contributed by atoms with Gasteiger partial charge in [0.05, 0.1) is 22.8 Å². The molecule has 1 aliphatic rings. The molecule has 2 heterocycles. The molecule has 3 N–H and O–H groups in total. The monoisotopic (exact) mass is 402 g/mol. The van der Waals surface area contributed by atoms with Crippen molar-refractivity contribution in [3.05, 3.63) is 72.1 Å². The van der Waals surface area contributed by atoms with Gasteiger partial charge in [0.2, 0.25) is 5.91 Å². The molecule has 30 heavy (non-hydrogen) atoms. The molecule has 2 amide bonds. The fourth-order valence-electron chi connectivity index (χ4n) is 3.52. The Labute approximate surface area is 174 Å². The van der Waals surface area contributed by atoms with Gasteiger partial charge in [0.15, 0.2) is 0 Å². The van der Waals surface area contributed by atoms with Crippen molar-refractivity contribution >= 4 is 28.9 Å². The molecule has 0 fully saturated rings. The maximum absolute atomic E-state index is 13.0.